The quantitative estimate of drug-likeness (QED) is 0.677. The first kappa shape index (κ1) is 14.5. The number of nitrogens with zero attached hydrogens (tertiary/aromatic N) is 2. The first-order chi connectivity index (χ1) is 9.56. The maximum Gasteiger partial charge on any atom is 0.271 e. The van der Waals surface area contributed by atoms with Crippen molar-refractivity contribution in [2.75, 3.05) is 18.4 Å². The average Bonchev–Trinajstić information content (AvgIpc) is 2.41. The third kappa shape index (κ3) is 3.77. The Morgan fingerprint density at radius 1 is 1.50 bits per heavy atom. The summed E-state index contributed by atoms with van der Waals surface area (Å²) in [5.41, 5.74) is 0.447. The molecule has 1 atom stereocenters. The van der Waals surface area contributed by atoms with Gasteiger partial charge in [0.2, 0.25) is 5.91 Å². The van der Waals surface area contributed by atoms with Gasteiger partial charge in [-0.2, -0.15) is 0 Å². The SMILES string of the molecule is CC1CCCCN1CC(=O)Nc1cccc([N+](=O)[O-])c1. The van der Waals surface area contributed by atoms with Crippen molar-refractivity contribution in [3.63, 3.8) is 0 Å². The van der Waals surface area contributed by atoms with Crippen LogP contribution in [0.2, 0.25) is 0 Å². The second-order valence-corrected chi connectivity index (χ2v) is 5.17. The molecule has 0 aromatic heterocycles. The maximum atomic E-state index is 12.0. The topological polar surface area (TPSA) is 75.5 Å². The number of nitrogens with one attached hydrogen (secondary N) is 1. The van der Waals surface area contributed by atoms with E-state index in [0.717, 1.165) is 19.4 Å². The second kappa shape index (κ2) is 6.47. The van der Waals surface area contributed by atoms with Gasteiger partial charge in [-0.25, -0.2) is 0 Å². The number of non-ortho nitro benzene ring substituents is 1. The molecule has 1 aromatic carbocycles. The molecule has 108 valence electrons. The zero-order valence-corrected chi connectivity index (χ0v) is 11.5. The third-order valence-electron chi connectivity index (χ3n) is 3.63. The van der Waals surface area contributed by atoms with E-state index in [4.69, 9.17) is 0 Å². The van der Waals surface area contributed by atoms with Gasteiger partial charge in [-0.1, -0.05) is 12.5 Å². The number of carbonyl (C=O) groups is 1. The molecule has 1 unspecified atom stereocenters. The number of hydrogen-bond acceptors (Lipinski definition) is 4. The van der Waals surface area contributed by atoms with Crippen molar-refractivity contribution in [3.05, 3.63) is 34.4 Å². The summed E-state index contributed by atoms with van der Waals surface area (Å²) in [6, 6.07) is 6.42. The summed E-state index contributed by atoms with van der Waals surface area (Å²) in [5, 5.41) is 13.4. The number of rotatable bonds is 4. The molecule has 1 fully saturated rings. The summed E-state index contributed by atoms with van der Waals surface area (Å²) in [7, 11) is 0. The van der Waals surface area contributed by atoms with Gasteiger partial charge in [0, 0.05) is 23.9 Å². The lowest BCUT2D eigenvalue weighted by atomic mass is 10.0. The van der Waals surface area contributed by atoms with Crippen LogP contribution in [0.3, 0.4) is 0 Å². The van der Waals surface area contributed by atoms with Crippen LogP contribution in [0.15, 0.2) is 24.3 Å². The zero-order chi connectivity index (χ0) is 14.5. The van der Waals surface area contributed by atoms with Crippen molar-refractivity contribution < 1.29 is 9.72 Å². The normalized spacial score (nSPS) is 19.6. The lowest BCUT2D eigenvalue weighted by Gasteiger charge is -2.32. The van der Waals surface area contributed by atoms with Gasteiger partial charge in [0.15, 0.2) is 0 Å². The standard InChI is InChI=1S/C14H19N3O3/c1-11-5-2-3-8-16(11)10-14(18)15-12-6-4-7-13(9-12)17(19)20/h4,6-7,9,11H,2-3,5,8,10H2,1H3,(H,15,18). The molecule has 1 aromatic rings. The van der Waals surface area contributed by atoms with Crippen LogP contribution in [0.5, 0.6) is 0 Å². The van der Waals surface area contributed by atoms with E-state index in [-0.39, 0.29) is 11.6 Å². The molecular formula is C14H19N3O3. The van der Waals surface area contributed by atoms with Crippen LogP contribution in [0.1, 0.15) is 26.2 Å². The highest BCUT2D eigenvalue weighted by Gasteiger charge is 2.20. The minimum absolute atomic E-state index is 0.0193. The van der Waals surface area contributed by atoms with E-state index in [9.17, 15) is 14.9 Å². The van der Waals surface area contributed by atoms with Crippen LogP contribution in [0, 0.1) is 10.1 Å². The highest BCUT2D eigenvalue weighted by molar-refractivity contribution is 5.92. The van der Waals surface area contributed by atoms with Gasteiger partial charge < -0.3 is 5.32 Å². The Kier molecular flexibility index (Phi) is 4.68. The monoisotopic (exact) mass is 277 g/mol. The molecular weight excluding hydrogens is 258 g/mol. The van der Waals surface area contributed by atoms with Gasteiger partial charge >= 0.3 is 0 Å². The molecule has 0 aliphatic carbocycles. The first-order valence-electron chi connectivity index (χ1n) is 6.84. The largest absolute Gasteiger partial charge is 0.325 e. The van der Waals surface area contributed by atoms with E-state index in [1.54, 1.807) is 12.1 Å². The van der Waals surface area contributed by atoms with Gasteiger partial charge in [0.25, 0.3) is 5.69 Å². The number of likely N-dealkylation sites (tertiary alicyclic amines) is 1. The lowest BCUT2D eigenvalue weighted by Crippen LogP contribution is -2.42. The van der Waals surface area contributed by atoms with Crippen LogP contribution in [-0.4, -0.2) is 34.9 Å². The summed E-state index contributed by atoms with van der Waals surface area (Å²) >= 11 is 0. The Balaban J connectivity index is 1.94. The Morgan fingerprint density at radius 2 is 2.30 bits per heavy atom. The fourth-order valence-corrected chi connectivity index (χ4v) is 2.47. The van der Waals surface area contributed by atoms with E-state index in [0.29, 0.717) is 18.3 Å². The summed E-state index contributed by atoms with van der Waals surface area (Å²) in [6.45, 7) is 3.40. The predicted molar refractivity (Wildman–Crippen MR) is 76.6 cm³/mol. The molecule has 6 heteroatoms. The molecule has 6 nitrogen and oxygen atoms in total. The highest BCUT2D eigenvalue weighted by atomic mass is 16.6. The number of piperidine rings is 1. The van der Waals surface area contributed by atoms with Crippen LogP contribution in [-0.2, 0) is 4.79 Å². The van der Waals surface area contributed by atoms with Gasteiger partial charge in [0.05, 0.1) is 11.5 Å². The molecule has 0 saturated carbocycles. The molecule has 0 bridgehead atoms. The number of nitro groups is 1. The van der Waals surface area contributed by atoms with Crippen LogP contribution >= 0.6 is 0 Å². The fourth-order valence-electron chi connectivity index (χ4n) is 2.47. The second-order valence-electron chi connectivity index (χ2n) is 5.17. The van der Waals surface area contributed by atoms with Gasteiger partial charge in [-0.05, 0) is 32.4 Å². The number of nitro benzene ring substituents is 1. The lowest BCUT2D eigenvalue weighted by molar-refractivity contribution is -0.384. The molecule has 2 rings (SSSR count). The Morgan fingerprint density at radius 3 is 3.00 bits per heavy atom. The van der Waals surface area contributed by atoms with Crippen LogP contribution in [0.4, 0.5) is 11.4 Å². The fraction of sp³-hybridized carbons (Fsp3) is 0.500. The Bertz CT molecular complexity index is 504. The number of anilines is 1. The Hall–Kier alpha value is -1.95. The number of carbonyl (C=O) groups excluding carboxylic acids is 1. The molecule has 1 aliphatic rings. The predicted octanol–water partition coefficient (Wildman–Crippen LogP) is 2.41. The van der Waals surface area contributed by atoms with Crippen molar-refractivity contribution >= 4 is 17.3 Å². The van der Waals surface area contributed by atoms with Crippen molar-refractivity contribution in [2.45, 2.75) is 32.2 Å². The van der Waals surface area contributed by atoms with E-state index in [1.807, 2.05) is 0 Å². The van der Waals surface area contributed by atoms with Crippen molar-refractivity contribution in [1.29, 1.82) is 0 Å². The summed E-state index contributed by atoms with van der Waals surface area (Å²) in [6.07, 6.45) is 3.45. The summed E-state index contributed by atoms with van der Waals surface area (Å²) in [4.78, 5) is 24.3. The summed E-state index contributed by atoms with van der Waals surface area (Å²) in [5.74, 6) is -0.126. The van der Waals surface area contributed by atoms with E-state index < -0.39 is 4.92 Å². The van der Waals surface area contributed by atoms with Gasteiger partial charge in [-0.3, -0.25) is 19.8 Å². The Labute approximate surface area is 117 Å². The first-order valence-corrected chi connectivity index (χ1v) is 6.84. The third-order valence-corrected chi connectivity index (χ3v) is 3.63. The van der Waals surface area contributed by atoms with Crippen molar-refractivity contribution in [3.8, 4) is 0 Å². The smallest absolute Gasteiger partial charge is 0.271 e. The van der Waals surface area contributed by atoms with E-state index >= 15 is 0 Å². The minimum atomic E-state index is -0.470. The molecule has 0 spiro atoms. The maximum absolute atomic E-state index is 12.0. The van der Waals surface area contributed by atoms with Gasteiger partial charge in [-0.15, -0.1) is 0 Å². The molecule has 1 amide bonds. The highest BCUT2D eigenvalue weighted by Crippen LogP contribution is 2.18. The minimum Gasteiger partial charge on any atom is -0.325 e. The zero-order valence-electron chi connectivity index (χ0n) is 11.5. The van der Waals surface area contributed by atoms with Crippen LogP contribution in [0.25, 0.3) is 0 Å². The van der Waals surface area contributed by atoms with Gasteiger partial charge in [0.1, 0.15) is 0 Å². The molecule has 1 aliphatic heterocycles. The summed E-state index contributed by atoms with van der Waals surface area (Å²) < 4.78 is 0. The van der Waals surface area contributed by atoms with E-state index in [1.165, 1.54) is 18.6 Å². The molecule has 1 N–H and O–H groups in total. The molecule has 20 heavy (non-hydrogen) atoms. The number of hydrogen-bond donors (Lipinski definition) is 1. The number of benzene rings is 1. The number of amides is 1. The molecule has 0 radical (unpaired) electrons. The van der Waals surface area contributed by atoms with Crippen LogP contribution < -0.4 is 5.32 Å². The van der Waals surface area contributed by atoms with E-state index in [2.05, 4.69) is 17.1 Å². The van der Waals surface area contributed by atoms with Crippen molar-refractivity contribution in [1.82, 2.24) is 4.90 Å². The average molecular weight is 277 g/mol. The molecule has 1 saturated heterocycles. The van der Waals surface area contributed by atoms with Crippen molar-refractivity contribution in [2.24, 2.45) is 0 Å². The molecule has 1 heterocycles.